The number of aliphatic hydroxyl groups excluding tert-OH is 1. The number of nitrogens with two attached hydrogens (primary N) is 1. The molecule has 0 radical (unpaired) electrons. The third kappa shape index (κ3) is 4.92. The Labute approximate surface area is 110 Å². The summed E-state index contributed by atoms with van der Waals surface area (Å²) in [5.41, 5.74) is 5.43. The largest absolute Gasteiger partial charge is 0.393 e. The van der Waals surface area contributed by atoms with E-state index >= 15 is 0 Å². The van der Waals surface area contributed by atoms with Gasteiger partial charge in [0.1, 0.15) is 0 Å². The molecular weight excluding hydrogens is 230 g/mol. The van der Waals surface area contributed by atoms with Crippen molar-refractivity contribution in [3.8, 4) is 0 Å². The van der Waals surface area contributed by atoms with Gasteiger partial charge in [-0.3, -0.25) is 9.69 Å². The van der Waals surface area contributed by atoms with Crippen LogP contribution in [0, 0.1) is 5.92 Å². The zero-order valence-electron chi connectivity index (χ0n) is 11.6. The van der Waals surface area contributed by atoms with Crippen LogP contribution in [0.2, 0.25) is 0 Å². The van der Waals surface area contributed by atoms with Crippen molar-refractivity contribution in [2.45, 2.75) is 32.3 Å². The van der Waals surface area contributed by atoms with Crippen molar-refractivity contribution in [2.24, 2.45) is 11.7 Å². The fourth-order valence-corrected chi connectivity index (χ4v) is 2.36. The summed E-state index contributed by atoms with van der Waals surface area (Å²) >= 11 is 0. The molecule has 1 fully saturated rings. The Kier molecular flexibility index (Phi) is 6.60. The number of nitrogens with zero attached hydrogens (tertiary/aromatic N) is 2. The van der Waals surface area contributed by atoms with Crippen LogP contribution in [0.1, 0.15) is 26.2 Å². The van der Waals surface area contributed by atoms with Gasteiger partial charge in [-0.05, 0) is 51.7 Å². The van der Waals surface area contributed by atoms with Crippen LogP contribution >= 0.6 is 0 Å². The van der Waals surface area contributed by atoms with E-state index in [1.807, 2.05) is 14.0 Å². The van der Waals surface area contributed by atoms with Crippen molar-refractivity contribution < 1.29 is 9.90 Å². The number of aliphatic hydroxyl groups is 1. The van der Waals surface area contributed by atoms with E-state index in [4.69, 9.17) is 5.73 Å². The lowest BCUT2D eigenvalue weighted by Gasteiger charge is -2.33. The highest BCUT2D eigenvalue weighted by Crippen LogP contribution is 2.20. The molecule has 1 heterocycles. The summed E-state index contributed by atoms with van der Waals surface area (Å²) in [6.07, 6.45) is 2.59. The van der Waals surface area contributed by atoms with Crippen LogP contribution in [0.3, 0.4) is 0 Å². The molecule has 1 saturated heterocycles. The van der Waals surface area contributed by atoms with E-state index in [1.54, 1.807) is 4.90 Å². The monoisotopic (exact) mass is 257 g/mol. The normalized spacial score (nSPS) is 19.8. The fourth-order valence-electron chi connectivity index (χ4n) is 2.36. The molecule has 1 unspecified atom stereocenters. The number of amides is 1. The molecule has 3 N–H and O–H groups in total. The first-order chi connectivity index (χ1) is 8.54. The maximum absolute atomic E-state index is 11.9. The summed E-state index contributed by atoms with van der Waals surface area (Å²) in [5.74, 6) is 0.560. The zero-order chi connectivity index (χ0) is 13.5. The number of piperidine rings is 1. The van der Waals surface area contributed by atoms with E-state index in [0.717, 1.165) is 38.9 Å². The highest BCUT2D eigenvalue weighted by atomic mass is 16.3. The molecule has 1 rings (SSSR count). The second-order valence-corrected chi connectivity index (χ2v) is 5.31. The van der Waals surface area contributed by atoms with Crippen LogP contribution in [-0.4, -0.2) is 66.7 Å². The van der Waals surface area contributed by atoms with E-state index in [2.05, 4.69) is 4.90 Å². The Balaban J connectivity index is 2.25. The molecule has 0 aromatic heterocycles. The van der Waals surface area contributed by atoms with Crippen molar-refractivity contribution in [2.75, 3.05) is 39.8 Å². The Morgan fingerprint density at radius 1 is 1.50 bits per heavy atom. The Morgan fingerprint density at radius 2 is 2.11 bits per heavy atom. The minimum Gasteiger partial charge on any atom is -0.393 e. The molecule has 106 valence electrons. The molecule has 0 spiro atoms. The van der Waals surface area contributed by atoms with Gasteiger partial charge in [0.25, 0.3) is 0 Å². The van der Waals surface area contributed by atoms with Crippen LogP contribution < -0.4 is 5.73 Å². The summed E-state index contributed by atoms with van der Waals surface area (Å²) in [4.78, 5) is 15.9. The quantitative estimate of drug-likeness (QED) is 0.696. The van der Waals surface area contributed by atoms with Gasteiger partial charge in [0, 0.05) is 13.6 Å². The minimum absolute atomic E-state index is 0.166. The highest BCUT2D eigenvalue weighted by Gasteiger charge is 2.24. The molecule has 0 aliphatic carbocycles. The van der Waals surface area contributed by atoms with Gasteiger partial charge in [0.2, 0.25) is 5.91 Å². The number of hydrogen-bond donors (Lipinski definition) is 2. The average Bonchev–Trinajstić information content (AvgIpc) is 2.36. The predicted molar refractivity (Wildman–Crippen MR) is 72.2 cm³/mol. The molecule has 1 amide bonds. The van der Waals surface area contributed by atoms with Crippen LogP contribution in [0.15, 0.2) is 0 Å². The molecule has 0 saturated carbocycles. The van der Waals surface area contributed by atoms with E-state index in [-0.39, 0.29) is 12.0 Å². The van der Waals surface area contributed by atoms with Gasteiger partial charge in [-0.15, -0.1) is 0 Å². The summed E-state index contributed by atoms with van der Waals surface area (Å²) < 4.78 is 0. The van der Waals surface area contributed by atoms with Crippen LogP contribution in [0.4, 0.5) is 0 Å². The Bertz CT molecular complexity index is 251. The molecule has 0 aromatic carbocycles. The third-order valence-electron chi connectivity index (χ3n) is 3.80. The molecule has 5 heteroatoms. The van der Waals surface area contributed by atoms with Gasteiger partial charge < -0.3 is 15.7 Å². The summed E-state index contributed by atoms with van der Waals surface area (Å²) in [6, 6.07) is 0. The maximum Gasteiger partial charge on any atom is 0.236 e. The van der Waals surface area contributed by atoms with Gasteiger partial charge in [0.05, 0.1) is 12.6 Å². The lowest BCUT2D eigenvalue weighted by molar-refractivity contribution is -0.131. The second-order valence-electron chi connectivity index (χ2n) is 5.31. The first kappa shape index (κ1) is 15.4. The molecule has 0 bridgehead atoms. The first-order valence-corrected chi connectivity index (χ1v) is 6.89. The van der Waals surface area contributed by atoms with E-state index < -0.39 is 0 Å². The van der Waals surface area contributed by atoms with Crippen LogP contribution in [-0.2, 0) is 4.79 Å². The molecule has 0 aromatic rings. The third-order valence-corrected chi connectivity index (χ3v) is 3.80. The summed E-state index contributed by atoms with van der Waals surface area (Å²) in [6.45, 7) is 5.52. The van der Waals surface area contributed by atoms with E-state index in [1.165, 1.54) is 0 Å². The minimum atomic E-state index is -0.227. The Hall–Kier alpha value is -0.650. The number of likely N-dealkylation sites (N-methyl/N-ethyl adjacent to an activating group) is 1. The molecule has 1 aliphatic heterocycles. The van der Waals surface area contributed by atoms with Crippen molar-refractivity contribution in [3.63, 3.8) is 0 Å². The van der Waals surface area contributed by atoms with Crippen molar-refractivity contribution >= 4 is 5.91 Å². The molecular formula is C13H27N3O2. The highest BCUT2D eigenvalue weighted by molar-refractivity contribution is 5.77. The number of rotatable bonds is 6. The van der Waals surface area contributed by atoms with Gasteiger partial charge in [-0.1, -0.05) is 0 Å². The van der Waals surface area contributed by atoms with Crippen molar-refractivity contribution in [1.82, 2.24) is 9.80 Å². The molecule has 1 aliphatic rings. The smallest absolute Gasteiger partial charge is 0.236 e. The van der Waals surface area contributed by atoms with Crippen LogP contribution in [0.5, 0.6) is 0 Å². The van der Waals surface area contributed by atoms with Gasteiger partial charge in [-0.25, -0.2) is 0 Å². The zero-order valence-corrected chi connectivity index (χ0v) is 11.6. The number of likely N-dealkylation sites (tertiary alicyclic amines) is 1. The summed E-state index contributed by atoms with van der Waals surface area (Å²) in [5, 5.41) is 9.53. The van der Waals surface area contributed by atoms with Crippen LogP contribution in [0.25, 0.3) is 0 Å². The number of hydrogen-bond acceptors (Lipinski definition) is 4. The van der Waals surface area contributed by atoms with Crippen molar-refractivity contribution in [1.29, 1.82) is 0 Å². The molecule has 5 nitrogen and oxygen atoms in total. The maximum atomic E-state index is 11.9. The first-order valence-electron chi connectivity index (χ1n) is 6.89. The Morgan fingerprint density at radius 3 is 2.61 bits per heavy atom. The lowest BCUT2D eigenvalue weighted by Crippen LogP contribution is -2.43. The number of carbonyl (C=O) groups excluding carboxylic acids is 1. The number of carbonyl (C=O) groups is 1. The lowest BCUT2D eigenvalue weighted by atomic mass is 9.92. The van der Waals surface area contributed by atoms with E-state index in [0.29, 0.717) is 19.0 Å². The van der Waals surface area contributed by atoms with Crippen molar-refractivity contribution in [3.05, 3.63) is 0 Å². The fraction of sp³-hybridized carbons (Fsp3) is 0.923. The standard InChI is InChI=1S/C13H27N3O2/c1-11(17)12-4-8-16(9-5-12)10-13(18)15(2)7-3-6-14/h11-12,17H,3-10,14H2,1-2H3. The van der Waals surface area contributed by atoms with E-state index in [9.17, 15) is 9.90 Å². The van der Waals surface area contributed by atoms with Gasteiger partial charge in [-0.2, -0.15) is 0 Å². The summed E-state index contributed by atoms with van der Waals surface area (Å²) in [7, 11) is 1.83. The SMILES string of the molecule is CC(O)C1CCN(CC(=O)N(C)CCCN)CC1. The molecule has 1 atom stereocenters. The molecule has 18 heavy (non-hydrogen) atoms. The second kappa shape index (κ2) is 7.71. The average molecular weight is 257 g/mol. The topological polar surface area (TPSA) is 69.8 Å². The van der Waals surface area contributed by atoms with Gasteiger partial charge >= 0.3 is 0 Å². The van der Waals surface area contributed by atoms with Gasteiger partial charge in [0.15, 0.2) is 0 Å². The predicted octanol–water partition coefficient (Wildman–Crippen LogP) is -0.114.